The van der Waals surface area contributed by atoms with Gasteiger partial charge in [-0.2, -0.15) is 5.21 Å². The van der Waals surface area contributed by atoms with Crippen molar-refractivity contribution in [2.45, 2.75) is 19.4 Å². The molecule has 1 unspecified atom stereocenters. The number of H-pyrrole nitrogens is 1. The molecule has 1 atom stereocenters. The molecule has 2 aromatic carbocycles. The van der Waals surface area contributed by atoms with Gasteiger partial charge in [0, 0.05) is 17.7 Å². The zero-order chi connectivity index (χ0) is 18.5. The molecule has 1 amide bonds. The maximum Gasteiger partial charge on any atom is 0.251 e. The molecule has 0 saturated carbocycles. The summed E-state index contributed by atoms with van der Waals surface area (Å²) < 4.78 is 0. The van der Waals surface area contributed by atoms with Crippen LogP contribution in [-0.4, -0.2) is 39.6 Å². The number of amides is 1. The Labute approximate surface area is 157 Å². The Hall–Kier alpha value is -3.06. The van der Waals surface area contributed by atoms with Crippen molar-refractivity contribution in [1.29, 1.82) is 0 Å². The molecule has 138 valence electrons. The minimum absolute atomic E-state index is 0.0636. The Morgan fingerprint density at radius 3 is 2.85 bits per heavy atom. The summed E-state index contributed by atoms with van der Waals surface area (Å²) in [5.41, 5.74) is 3.77. The van der Waals surface area contributed by atoms with Gasteiger partial charge in [-0.3, -0.25) is 4.79 Å². The fraction of sp³-hybridized carbons (Fsp3) is 0.300. The molecular formula is C20H22N6O. The number of aromatic amines is 1. The lowest BCUT2D eigenvalue weighted by molar-refractivity contribution is 0.0951. The summed E-state index contributed by atoms with van der Waals surface area (Å²) in [6.07, 6.45) is 2.22. The van der Waals surface area contributed by atoms with E-state index >= 15 is 0 Å². The molecule has 0 bridgehead atoms. The van der Waals surface area contributed by atoms with Crippen molar-refractivity contribution in [3.63, 3.8) is 0 Å². The van der Waals surface area contributed by atoms with Crippen molar-refractivity contribution in [3.8, 4) is 11.4 Å². The third-order valence-corrected chi connectivity index (χ3v) is 4.86. The van der Waals surface area contributed by atoms with Gasteiger partial charge in [-0.15, -0.1) is 10.2 Å². The van der Waals surface area contributed by atoms with Crippen LogP contribution in [0.4, 0.5) is 0 Å². The van der Waals surface area contributed by atoms with Crippen LogP contribution in [0.25, 0.3) is 11.4 Å². The van der Waals surface area contributed by atoms with Crippen LogP contribution in [0.1, 0.15) is 27.9 Å². The molecule has 1 aliphatic rings. The van der Waals surface area contributed by atoms with Crippen molar-refractivity contribution in [2.24, 2.45) is 5.92 Å². The molecule has 7 nitrogen and oxygen atoms in total. The predicted molar refractivity (Wildman–Crippen MR) is 102 cm³/mol. The molecule has 1 aliphatic heterocycles. The van der Waals surface area contributed by atoms with E-state index in [0.29, 0.717) is 23.9 Å². The number of nitrogens with one attached hydrogen (secondary N) is 3. The van der Waals surface area contributed by atoms with E-state index in [0.717, 1.165) is 30.6 Å². The Morgan fingerprint density at radius 1 is 1.15 bits per heavy atom. The molecule has 3 aromatic rings. The van der Waals surface area contributed by atoms with Crippen molar-refractivity contribution in [1.82, 2.24) is 31.3 Å². The summed E-state index contributed by atoms with van der Waals surface area (Å²) in [4.78, 5) is 12.6. The van der Waals surface area contributed by atoms with Crippen LogP contribution in [0.3, 0.4) is 0 Å². The fourth-order valence-corrected chi connectivity index (χ4v) is 3.45. The van der Waals surface area contributed by atoms with Gasteiger partial charge in [-0.25, -0.2) is 0 Å². The summed E-state index contributed by atoms with van der Waals surface area (Å²) in [6.45, 7) is 2.60. The van der Waals surface area contributed by atoms with Crippen molar-refractivity contribution >= 4 is 5.91 Å². The minimum Gasteiger partial charge on any atom is -0.348 e. The first-order valence-electron chi connectivity index (χ1n) is 9.18. The molecule has 27 heavy (non-hydrogen) atoms. The molecule has 2 heterocycles. The van der Waals surface area contributed by atoms with Gasteiger partial charge in [0.2, 0.25) is 5.82 Å². The number of carbonyl (C=O) groups excluding carboxylic acids is 1. The highest BCUT2D eigenvalue weighted by molar-refractivity contribution is 5.94. The van der Waals surface area contributed by atoms with Gasteiger partial charge in [0.15, 0.2) is 0 Å². The molecule has 0 aliphatic carbocycles. The molecule has 0 spiro atoms. The summed E-state index contributed by atoms with van der Waals surface area (Å²) in [5, 5.41) is 20.4. The summed E-state index contributed by atoms with van der Waals surface area (Å²) >= 11 is 0. The third kappa shape index (κ3) is 4.38. The highest BCUT2D eigenvalue weighted by Crippen LogP contribution is 2.17. The third-order valence-electron chi connectivity index (χ3n) is 4.86. The average molecular weight is 362 g/mol. The van der Waals surface area contributed by atoms with Crippen LogP contribution in [0.2, 0.25) is 0 Å². The van der Waals surface area contributed by atoms with Gasteiger partial charge in [0.05, 0.1) is 0 Å². The zero-order valence-electron chi connectivity index (χ0n) is 15.0. The maximum atomic E-state index is 12.6. The summed E-state index contributed by atoms with van der Waals surface area (Å²) in [7, 11) is 0. The van der Waals surface area contributed by atoms with E-state index in [-0.39, 0.29) is 5.91 Å². The molecule has 1 aromatic heterocycles. The largest absolute Gasteiger partial charge is 0.348 e. The van der Waals surface area contributed by atoms with Gasteiger partial charge in [0.25, 0.3) is 5.91 Å². The number of tetrazole rings is 1. The van der Waals surface area contributed by atoms with Gasteiger partial charge < -0.3 is 10.6 Å². The van der Waals surface area contributed by atoms with E-state index in [1.54, 1.807) is 0 Å². The number of carbonyl (C=O) groups is 1. The number of hydrogen-bond acceptors (Lipinski definition) is 5. The van der Waals surface area contributed by atoms with Crippen LogP contribution in [0.15, 0.2) is 48.5 Å². The number of benzene rings is 2. The topological polar surface area (TPSA) is 95.6 Å². The summed E-state index contributed by atoms with van der Waals surface area (Å²) in [5.74, 6) is 1.14. The molecular weight excluding hydrogens is 340 g/mol. The highest BCUT2D eigenvalue weighted by atomic mass is 16.1. The van der Waals surface area contributed by atoms with Crippen LogP contribution in [0.5, 0.6) is 0 Å². The smallest absolute Gasteiger partial charge is 0.251 e. The van der Waals surface area contributed by atoms with Gasteiger partial charge >= 0.3 is 0 Å². The lowest BCUT2D eigenvalue weighted by Crippen LogP contribution is -2.23. The first-order chi connectivity index (χ1) is 13.3. The van der Waals surface area contributed by atoms with E-state index < -0.39 is 0 Å². The number of rotatable bonds is 6. The number of hydrogen-bond donors (Lipinski definition) is 3. The molecule has 7 heteroatoms. The van der Waals surface area contributed by atoms with Crippen LogP contribution in [0, 0.1) is 5.92 Å². The van der Waals surface area contributed by atoms with Crippen molar-refractivity contribution in [2.75, 3.05) is 13.1 Å². The second kappa shape index (κ2) is 8.09. The van der Waals surface area contributed by atoms with Crippen LogP contribution < -0.4 is 10.6 Å². The Balaban J connectivity index is 1.39. The normalized spacial score (nSPS) is 16.4. The first kappa shape index (κ1) is 17.4. The lowest BCUT2D eigenvalue weighted by atomic mass is 9.97. The molecule has 1 saturated heterocycles. The quantitative estimate of drug-likeness (QED) is 0.623. The van der Waals surface area contributed by atoms with E-state index in [9.17, 15) is 4.79 Å². The molecule has 3 N–H and O–H groups in total. The Morgan fingerprint density at radius 2 is 2.04 bits per heavy atom. The van der Waals surface area contributed by atoms with Gasteiger partial charge in [0.1, 0.15) is 0 Å². The van der Waals surface area contributed by atoms with E-state index in [1.807, 2.05) is 42.5 Å². The Bertz CT molecular complexity index is 902. The SMILES string of the molecule is O=C(NCc1cccc(-c2nn[nH]n2)c1)c1cccc(CC2CCNC2)c1. The van der Waals surface area contributed by atoms with Gasteiger partial charge in [-0.05, 0) is 66.4 Å². The second-order valence-electron chi connectivity index (χ2n) is 6.88. The Kier molecular flexibility index (Phi) is 5.20. The predicted octanol–water partition coefficient (Wildman–Crippen LogP) is 1.95. The number of aromatic nitrogens is 4. The maximum absolute atomic E-state index is 12.6. The first-order valence-corrected chi connectivity index (χ1v) is 9.18. The molecule has 0 radical (unpaired) electrons. The standard InChI is InChI=1S/C20H22N6O/c27-20(18-6-1-3-14(10-18)9-16-7-8-21-12-16)22-13-15-4-2-5-17(11-15)19-23-25-26-24-19/h1-6,10-11,16,21H,7-9,12-13H2,(H,22,27)(H,23,24,25,26). The van der Waals surface area contributed by atoms with Crippen LogP contribution in [-0.2, 0) is 13.0 Å². The zero-order valence-corrected chi connectivity index (χ0v) is 15.0. The van der Waals surface area contributed by atoms with E-state index in [1.165, 1.54) is 12.0 Å². The van der Waals surface area contributed by atoms with Crippen LogP contribution >= 0.6 is 0 Å². The monoisotopic (exact) mass is 362 g/mol. The van der Waals surface area contributed by atoms with Gasteiger partial charge in [-0.1, -0.05) is 30.3 Å². The average Bonchev–Trinajstić information content (AvgIpc) is 3.41. The minimum atomic E-state index is -0.0636. The second-order valence-corrected chi connectivity index (χ2v) is 6.88. The number of nitrogens with zero attached hydrogens (tertiary/aromatic N) is 3. The fourth-order valence-electron chi connectivity index (χ4n) is 3.45. The van der Waals surface area contributed by atoms with E-state index in [2.05, 4.69) is 37.3 Å². The highest BCUT2D eigenvalue weighted by Gasteiger charge is 2.15. The summed E-state index contributed by atoms with van der Waals surface area (Å²) in [6, 6.07) is 15.7. The molecule has 1 fully saturated rings. The van der Waals surface area contributed by atoms with Crippen molar-refractivity contribution in [3.05, 3.63) is 65.2 Å². The van der Waals surface area contributed by atoms with E-state index in [4.69, 9.17) is 0 Å². The molecule has 4 rings (SSSR count). The van der Waals surface area contributed by atoms with Crippen molar-refractivity contribution < 1.29 is 4.79 Å². The lowest BCUT2D eigenvalue weighted by Gasteiger charge is -2.10.